The molecule has 2 heterocycles. The molecular weight excluding hydrogens is 377 g/mol. The third-order valence-corrected chi connectivity index (χ3v) is 5.45. The van der Waals surface area contributed by atoms with E-state index >= 15 is 0 Å². The van der Waals surface area contributed by atoms with Gasteiger partial charge in [-0.15, -0.1) is 10.2 Å². The molecular formula is C18H11Cl2N3OS. The molecule has 0 bridgehead atoms. The van der Waals surface area contributed by atoms with E-state index in [9.17, 15) is 4.79 Å². The molecule has 0 aliphatic heterocycles. The molecule has 0 radical (unpaired) electrons. The third kappa shape index (κ3) is 2.84. The van der Waals surface area contributed by atoms with E-state index in [2.05, 4.69) is 10.2 Å². The average molecular weight is 388 g/mol. The highest BCUT2D eigenvalue weighted by Gasteiger charge is 2.14. The number of aryl methyl sites for hydroxylation is 1. The van der Waals surface area contributed by atoms with Crippen LogP contribution in [0.5, 0.6) is 0 Å². The third-order valence-electron chi connectivity index (χ3n) is 3.83. The van der Waals surface area contributed by atoms with Gasteiger partial charge in [0.1, 0.15) is 0 Å². The smallest absolute Gasteiger partial charge is 0.267 e. The van der Waals surface area contributed by atoms with Gasteiger partial charge in [-0.3, -0.25) is 4.79 Å². The predicted molar refractivity (Wildman–Crippen MR) is 103 cm³/mol. The van der Waals surface area contributed by atoms with Crippen LogP contribution in [0.15, 0.2) is 47.3 Å². The fraction of sp³-hybridized carbons (Fsp3) is 0.0556. The van der Waals surface area contributed by atoms with E-state index in [1.807, 2.05) is 31.2 Å². The van der Waals surface area contributed by atoms with Gasteiger partial charge in [-0.1, -0.05) is 70.4 Å². The zero-order chi connectivity index (χ0) is 17.6. The molecule has 4 aromatic rings. The molecule has 0 aliphatic rings. The summed E-state index contributed by atoms with van der Waals surface area (Å²) in [7, 11) is 0. The van der Waals surface area contributed by atoms with Crippen LogP contribution in [0, 0.1) is 6.92 Å². The number of fused-ring (bicyclic) bond motifs is 1. The van der Waals surface area contributed by atoms with Gasteiger partial charge in [0, 0.05) is 21.2 Å². The summed E-state index contributed by atoms with van der Waals surface area (Å²) in [4.78, 5) is 13.4. The predicted octanol–water partition coefficient (Wildman–Crippen LogP) is 3.98. The monoisotopic (exact) mass is 387 g/mol. The van der Waals surface area contributed by atoms with Crippen molar-refractivity contribution in [2.45, 2.75) is 6.92 Å². The van der Waals surface area contributed by atoms with Crippen molar-refractivity contribution in [2.24, 2.45) is 0 Å². The average Bonchev–Trinajstić information content (AvgIpc) is 3.13. The number of aromatic nitrogens is 3. The second-order valence-corrected chi connectivity index (χ2v) is 7.38. The van der Waals surface area contributed by atoms with Crippen molar-refractivity contribution in [3.8, 4) is 11.4 Å². The van der Waals surface area contributed by atoms with E-state index < -0.39 is 0 Å². The van der Waals surface area contributed by atoms with E-state index in [1.54, 1.807) is 24.3 Å². The van der Waals surface area contributed by atoms with Gasteiger partial charge in [-0.2, -0.15) is 0 Å². The molecule has 2 aromatic carbocycles. The topological polar surface area (TPSA) is 47.3 Å². The van der Waals surface area contributed by atoms with Crippen LogP contribution in [0.1, 0.15) is 11.1 Å². The first-order chi connectivity index (χ1) is 12.0. The first-order valence-electron chi connectivity index (χ1n) is 7.45. The van der Waals surface area contributed by atoms with Crippen molar-refractivity contribution in [3.63, 3.8) is 0 Å². The summed E-state index contributed by atoms with van der Waals surface area (Å²) >= 11 is 13.7. The van der Waals surface area contributed by atoms with Crippen molar-refractivity contribution < 1.29 is 0 Å². The lowest BCUT2D eigenvalue weighted by molar-refractivity contribution is 1.09. The van der Waals surface area contributed by atoms with Crippen LogP contribution in [-0.4, -0.2) is 14.6 Å². The number of nitrogens with zero attached hydrogens (tertiary/aromatic N) is 3. The first kappa shape index (κ1) is 16.3. The second kappa shape index (κ2) is 6.26. The first-order valence-corrected chi connectivity index (χ1v) is 9.02. The molecule has 0 atom stereocenters. The largest absolute Gasteiger partial charge is 0.276 e. The van der Waals surface area contributed by atoms with Crippen LogP contribution in [-0.2, 0) is 0 Å². The van der Waals surface area contributed by atoms with Gasteiger partial charge in [0.05, 0.1) is 4.53 Å². The van der Waals surface area contributed by atoms with Gasteiger partial charge in [-0.25, -0.2) is 4.40 Å². The van der Waals surface area contributed by atoms with E-state index in [4.69, 9.17) is 23.2 Å². The van der Waals surface area contributed by atoms with Crippen LogP contribution in [0.2, 0.25) is 10.0 Å². The zero-order valence-corrected chi connectivity index (χ0v) is 15.4. The Hall–Kier alpha value is -2.21. The Bertz CT molecular complexity index is 1180. The summed E-state index contributed by atoms with van der Waals surface area (Å²) < 4.78 is 2.03. The Morgan fingerprint density at radius 2 is 1.72 bits per heavy atom. The quantitative estimate of drug-likeness (QED) is 0.522. The summed E-state index contributed by atoms with van der Waals surface area (Å²) in [6.07, 6.45) is 1.70. The summed E-state index contributed by atoms with van der Waals surface area (Å²) in [5, 5.41) is 9.28. The molecule has 4 rings (SSSR count). The van der Waals surface area contributed by atoms with Crippen molar-refractivity contribution in [3.05, 3.63) is 78.5 Å². The Balaban J connectivity index is 1.94. The van der Waals surface area contributed by atoms with Crippen molar-refractivity contribution >= 4 is 45.6 Å². The van der Waals surface area contributed by atoms with Crippen molar-refractivity contribution in [2.75, 3.05) is 0 Å². The Labute approximate surface area is 157 Å². The Morgan fingerprint density at radius 1 is 1.04 bits per heavy atom. The fourth-order valence-corrected chi connectivity index (χ4v) is 3.93. The molecule has 0 unspecified atom stereocenters. The maximum atomic E-state index is 12.9. The van der Waals surface area contributed by atoms with Gasteiger partial charge in [-0.05, 0) is 25.1 Å². The molecule has 0 spiro atoms. The molecule has 0 saturated heterocycles. The van der Waals surface area contributed by atoms with Crippen molar-refractivity contribution in [1.82, 2.24) is 14.6 Å². The minimum absolute atomic E-state index is 0.184. The van der Waals surface area contributed by atoms with Crippen LogP contribution >= 0.6 is 34.5 Å². The lowest BCUT2D eigenvalue weighted by Crippen LogP contribution is -2.23. The SMILES string of the molecule is Cc1ccc(-c2nnc3s/c(=C\c4c(Cl)cccc4Cl)c(=O)n23)cc1. The molecule has 4 nitrogen and oxygen atoms in total. The van der Waals surface area contributed by atoms with Gasteiger partial charge in [0.15, 0.2) is 5.82 Å². The molecule has 2 aromatic heterocycles. The summed E-state index contributed by atoms with van der Waals surface area (Å²) in [5.74, 6) is 0.529. The zero-order valence-electron chi connectivity index (χ0n) is 13.0. The standard InChI is InChI=1S/C18H11Cl2N3OS/c1-10-5-7-11(8-6-10)16-21-22-18-23(16)17(24)15(25-18)9-12-13(19)3-2-4-14(12)20/h2-9H,1H3/b15-9-. The number of halogens is 2. The van der Waals surface area contributed by atoms with Crippen LogP contribution < -0.4 is 10.1 Å². The number of thiazole rings is 1. The van der Waals surface area contributed by atoms with Crippen LogP contribution in [0.25, 0.3) is 22.4 Å². The lowest BCUT2D eigenvalue weighted by Gasteiger charge is -1.99. The van der Waals surface area contributed by atoms with Gasteiger partial charge < -0.3 is 0 Å². The van der Waals surface area contributed by atoms with E-state index in [0.29, 0.717) is 30.9 Å². The Kier molecular flexibility index (Phi) is 4.07. The summed E-state index contributed by atoms with van der Waals surface area (Å²) in [6.45, 7) is 2.01. The molecule has 25 heavy (non-hydrogen) atoms. The molecule has 124 valence electrons. The van der Waals surface area contributed by atoms with Gasteiger partial charge >= 0.3 is 0 Å². The maximum absolute atomic E-state index is 12.9. The van der Waals surface area contributed by atoms with E-state index in [-0.39, 0.29) is 5.56 Å². The second-order valence-electron chi connectivity index (χ2n) is 5.56. The minimum Gasteiger partial charge on any atom is -0.267 e. The van der Waals surface area contributed by atoms with Crippen molar-refractivity contribution in [1.29, 1.82) is 0 Å². The number of benzene rings is 2. The van der Waals surface area contributed by atoms with Gasteiger partial charge in [0.2, 0.25) is 4.96 Å². The number of rotatable bonds is 2. The van der Waals surface area contributed by atoms with E-state index in [0.717, 1.165) is 11.1 Å². The normalized spacial score (nSPS) is 12.2. The minimum atomic E-state index is -0.184. The lowest BCUT2D eigenvalue weighted by atomic mass is 10.1. The highest BCUT2D eigenvalue weighted by atomic mass is 35.5. The summed E-state index contributed by atoms with van der Waals surface area (Å²) in [6, 6.07) is 13.0. The summed E-state index contributed by atoms with van der Waals surface area (Å²) in [5.41, 5.74) is 2.42. The molecule has 7 heteroatoms. The van der Waals surface area contributed by atoms with Crippen LogP contribution in [0.3, 0.4) is 0 Å². The molecule has 0 N–H and O–H groups in total. The van der Waals surface area contributed by atoms with E-state index in [1.165, 1.54) is 15.7 Å². The fourth-order valence-electron chi connectivity index (χ4n) is 2.53. The molecule has 0 fully saturated rings. The van der Waals surface area contributed by atoms with Gasteiger partial charge in [0.25, 0.3) is 5.56 Å². The highest BCUT2D eigenvalue weighted by Crippen LogP contribution is 2.25. The number of hydrogen-bond acceptors (Lipinski definition) is 4. The maximum Gasteiger partial charge on any atom is 0.276 e. The van der Waals surface area contributed by atoms with Crippen LogP contribution in [0.4, 0.5) is 0 Å². The molecule has 0 saturated carbocycles. The molecule has 0 aliphatic carbocycles. The number of hydrogen-bond donors (Lipinski definition) is 0. The Morgan fingerprint density at radius 3 is 2.40 bits per heavy atom. The molecule has 0 amide bonds. The highest BCUT2D eigenvalue weighted by molar-refractivity contribution is 7.15.